The van der Waals surface area contributed by atoms with Gasteiger partial charge in [0.1, 0.15) is 0 Å². The zero-order valence-corrected chi connectivity index (χ0v) is 10.9. The second-order valence-corrected chi connectivity index (χ2v) is 7.96. The van der Waals surface area contributed by atoms with Crippen LogP contribution in [0.2, 0.25) is 0 Å². The van der Waals surface area contributed by atoms with Crippen LogP contribution in [-0.4, -0.2) is 12.5 Å². The highest BCUT2D eigenvalue weighted by molar-refractivity contribution is 5.15. The summed E-state index contributed by atoms with van der Waals surface area (Å²) in [5, 5.41) is 0. The lowest BCUT2D eigenvalue weighted by molar-refractivity contribution is -0.0781. The van der Waals surface area contributed by atoms with E-state index < -0.39 is 11.3 Å². The third-order valence-electron chi connectivity index (χ3n) is 6.48. The third kappa shape index (κ3) is 1.46. The first-order valence-electron chi connectivity index (χ1n) is 7.54. The molecule has 0 aromatic heterocycles. The first-order valence-corrected chi connectivity index (χ1v) is 7.54. The van der Waals surface area contributed by atoms with E-state index in [1.807, 2.05) is 0 Å². The van der Waals surface area contributed by atoms with Gasteiger partial charge in [-0.2, -0.15) is 0 Å². The van der Waals surface area contributed by atoms with E-state index in [2.05, 4.69) is 0 Å². The topological polar surface area (TPSA) is 26.0 Å². The van der Waals surface area contributed by atoms with Crippen LogP contribution in [0.25, 0.3) is 0 Å². The van der Waals surface area contributed by atoms with Crippen molar-refractivity contribution in [3.63, 3.8) is 0 Å². The average Bonchev–Trinajstić information content (AvgIpc) is 2.77. The monoisotopic (exact) mass is 255 g/mol. The van der Waals surface area contributed by atoms with Gasteiger partial charge >= 0.3 is 0 Å². The molecule has 0 aromatic rings. The van der Waals surface area contributed by atoms with Crippen molar-refractivity contribution in [2.24, 2.45) is 34.3 Å². The van der Waals surface area contributed by atoms with Crippen LogP contribution >= 0.6 is 0 Å². The quantitative estimate of drug-likeness (QED) is 0.819. The van der Waals surface area contributed by atoms with Crippen molar-refractivity contribution in [1.82, 2.24) is 0 Å². The molecule has 5 saturated carbocycles. The molecule has 2 N–H and O–H groups in total. The van der Waals surface area contributed by atoms with Gasteiger partial charge in [0.05, 0.1) is 5.41 Å². The lowest BCUT2D eigenvalue weighted by atomic mass is 9.48. The molecule has 18 heavy (non-hydrogen) atoms. The van der Waals surface area contributed by atoms with Gasteiger partial charge in [-0.3, -0.25) is 0 Å². The highest BCUT2D eigenvalue weighted by Crippen LogP contribution is 2.70. The molecule has 5 rings (SSSR count). The van der Waals surface area contributed by atoms with Crippen molar-refractivity contribution in [3.8, 4) is 0 Å². The van der Waals surface area contributed by atoms with E-state index in [-0.39, 0.29) is 18.4 Å². The van der Waals surface area contributed by atoms with Gasteiger partial charge in [-0.1, -0.05) is 0 Å². The molecule has 5 fully saturated rings. The number of hydrogen-bond donors (Lipinski definition) is 1. The first kappa shape index (κ1) is 11.6. The zero-order valence-electron chi connectivity index (χ0n) is 10.9. The molecule has 0 aromatic carbocycles. The van der Waals surface area contributed by atoms with Gasteiger partial charge in [0.2, 0.25) is 0 Å². The van der Waals surface area contributed by atoms with Gasteiger partial charge in [-0.05, 0) is 68.1 Å². The fraction of sp³-hybridized carbons (Fsp3) is 1.00. The molecule has 0 spiro atoms. The second kappa shape index (κ2) is 3.28. The molecule has 1 unspecified atom stereocenters. The Morgan fingerprint density at radius 2 is 1.39 bits per heavy atom. The third-order valence-corrected chi connectivity index (χ3v) is 6.48. The summed E-state index contributed by atoms with van der Waals surface area (Å²) in [6.07, 6.45) is 8.57. The van der Waals surface area contributed by atoms with E-state index in [0.29, 0.717) is 6.42 Å². The first-order chi connectivity index (χ1) is 8.46. The molecule has 0 saturated heterocycles. The minimum absolute atomic E-state index is 0.0538. The van der Waals surface area contributed by atoms with Crippen molar-refractivity contribution in [1.29, 1.82) is 0 Å². The summed E-state index contributed by atoms with van der Waals surface area (Å²) in [5.74, 6) is 0.0702. The molecule has 0 heterocycles. The Morgan fingerprint density at radius 1 is 0.944 bits per heavy atom. The van der Waals surface area contributed by atoms with Crippen molar-refractivity contribution in [2.45, 2.75) is 57.3 Å². The summed E-state index contributed by atoms with van der Waals surface area (Å²) in [5.41, 5.74) is 5.12. The van der Waals surface area contributed by atoms with Crippen LogP contribution < -0.4 is 5.73 Å². The van der Waals surface area contributed by atoms with Crippen molar-refractivity contribution in [2.75, 3.05) is 6.54 Å². The molecule has 5 aliphatic rings. The zero-order chi connectivity index (χ0) is 12.6. The van der Waals surface area contributed by atoms with Crippen LogP contribution in [0.1, 0.15) is 51.4 Å². The molecule has 5 aliphatic carbocycles. The van der Waals surface area contributed by atoms with Crippen molar-refractivity contribution < 1.29 is 8.78 Å². The molecule has 102 valence electrons. The lowest BCUT2D eigenvalue weighted by Crippen LogP contribution is -2.48. The molecular formula is C15H23F2N. The van der Waals surface area contributed by atoms with E-state index in [1.54, 1.807) is 0 Å². The Morgan fingerprint density at radius 3 is 1.72 bits per heavy atom. The normalized spacial score (nSPS) is 55.8. The fourth-order valence-corrected chi connectivity index (χ4v) is 6.09. The van der Waals surface area contributed by atoms with Crippen molar-refractivity contribution >= 4 is 0 Å². The molecule has 0 radical (unpaired) electrons. The summed E-state index contributed by atoms with van der Waals surface area (Å²) in [7, 11) is 0. The van der Waals surface area contributed by atoms with Crippen LogP contribution in [0.15, 0.2) is 0 Å². The maximum Gasteiger partial charge on any atom is 0.255 e. The number of nitrogens with two attached hydrogens (primary N) is 1. The van der Waals surface area contributed by atoms with Gasteiger partial charge < -0.3 is 5.73 Å². The Kier molecular flexibility index (Phi) is 2.12. The number of hydrogen-bond acceptors (Lipinski definition) is 1. The molecular weight excluding hydrogens is 232 g/mol. The standard InChI is InChI=1S/C15H23F2N/c16-15(17)8-14(15,9-18)7-13-4-10-1-11(5-13)3-12(2-10)6-13/h10-12H,1-9,18H2. The number of halogens is 2. The highest BCUT2D eigenvalue weighted by atomic mass is 19.3. The van der Waals surface area contributed by atoms with Gasteiger partial charge in [0.15, 0.2) is 0 Å². The van der Waals surface area contributed by atoms with Gasteiger partial charge in [-0.15, -0.1) is 0 Å². The molecule has 1 atom stereocenters. The second-order valence-electron chi connectivity index (χ2n) is 7.96. The largest absolute Gasteiger partial charge is 0.330 e. The van der Waals surface area contributed by atoms with E-state index >= 15 is 0 Å². The molecule has 0 amide bonds. The fourth-order valence-electron chi connectivity index (χ4n) is 6.09. The van der Waals surface area contributed by atoms with E-state index in [0.717, 1.165) is 17.8 Å². The Labute approximate surface area is 107 Å². The predicted octanol–water partition coefficient (Wildman–Crippen LogP) is 3.58. The van der Waals surface area contributed by atoms with Crippen molar-refractivity contribution in [3.05, 3.63) is 0 Å². The molecule has 0 aliphatic heterocycles. The van der Waals surface area contributed by atoms with Crippen LogP contribution in [0, 0.1) is 28.6 Å². The van der Waals surface area contributed by atoms with E-state index in [4.69, 9.17) is 5.73 Å². The minimum Gasteiger partial charge on any atom is -0.330 e. The van der Waals surface area contributed by atoms with Gasteiger partial charge in [-0.25, -0.2) is 8.78 Å². The van der Waals surface area contributed by atoms with E-state index in [1.165, 1.54) is 38.5 Å². The molecule has 1 nitrogen and oxygen atoms in total. The van der Waals surface area contributed by atoms with E-state index in [9.17, 15) is 8.78 Å². The molecule has 3 heteroatoms. The Balaban J connectivity index is 1.58. The Hall–Kier alpha value is -0.180. The summed E-state index contributed by atoms with van der Waals surface area (Å²) in [4.78, 5) is 0. The summed E-state index contributed by atoms with van der Waals surface area (Å²) < 4.78 is 27.3. The smallest absolute Gasteiger partial charge is 0.255 e. The predicted molar refractivity (Wildman–Crippen MR) is 66.3 cm³/mol. The lowest BCUT2D eigenvalue weighted by Gasteiger charge is -2.58. The highest BCUT2D eigenvalue weighted by Gasteiger charge is 2.72. The van der Waals surface area contributed by atoms with Crippen LogP contribution in [0.4, 0.5) is 8.78 Å². The number of rotatable bonds is 3. The van der Waals surface area contributed by atoms with Gasteiger partial charge in [0.25, 0.3) is 5.92 Å². The van der Waals surface area contributed by atoms with Crippen LogP contribution in [-0.2, 0) is 0 Å². The average molecular weight is 255 g/mol. The molecule has 4 bridgehead atoms. The van der Waals surface area contributed by atoms with Crippen LogP contribution in [0.5, 0.6) is 0 Å². The summed E-state index contributed by atoms with van der Waals surface area (Å²) in [6.45, 7) is 0.182. The maximum absolute atomic E-state index is 13.7. The summed E-state index contributed by atoms with van der Waals surface area (Å²) in [6, 6.07) is 0. The summed E-state index contributed by atoms with van der Waals surface area (Å²) >= 11 is 0. The van der Waals surface area contributed by atoms with Crippen LogP contribution in [0.3, 0.4) is 0 Å². The van der Waals surface area contributed by atoms with Gasteiger partial charge in [0, 0.05) is 13.0 Å². The SMILES string of the molecule is NCC1(CC23CC4CC(CC(C4)C2)C3)CC1(F)F. The number of alkyl halides is 2. The maximum atomic E-state index is 13.7. The Bertz CT molecular complexity index is 343. The minimum atomic E-state index is -2.47.